The van der Waals surface area contributed by atoms with Gasteiger partial charge in [-0.1, -0.05) is 11.6 Å². The maximum absolute atomic E-state index is 11.7. The van der Waals surface area contributed by atoms with E-state index in [4.69, 9.17) is 22.1 Å². The molecule has 0 bridgehead atoms. The summed E-state index contributed by atoms with van der Waals surface area (Å²) in [5.41, 5.74) is 7.12. The Balaban J connectivity index is 2.08. The van der Waals surface area contributed by atoms with E-state index in [1.54, 1.807) is 6.07 Å². The zero-order valence-corrected chi connectivity index (χ0v) is 15.2. The van der Waals surface area contributed by atoms with E-state index in [0.717, 1.165) is 0 Å². The second kappa shape index (κ2) is 7.11. The topological polar surface area (TPSA) is 111 Å². The van der Waals surface area contributed by atoms with Crippen LogP contribution in [0, 0.1) is 0 Å². The monoisotopic (exact) mass is 383 g/mol. The average molecular weight is 384 g/mol. The Morgan fingerprint density at radius 1 is 1.28 bits per heavy atom. The van der Waals surface area contributed by atoms with Crippen LogP contribution in [-0.4, -0.2) is 55.9 Å². The third-order valence-electron chi connectivity index (χ3n) is 3.62. The van der Waals surface area contributed by atoms with Gasteiger partial charge < -0.3 is 15.4 Å². The number of nitrogens with zero attached hydrogens (tertiary/aromatic N) is 4. The summed E-state index contributed by atoms with van der Waals surface area (Å²) in [6, 6.07) is 3.15. The molecule has 0 radical (unpaired) electrons. The summed E-state index contributed by atoms with van der Waals surface area (Å²) in [6.45, 7) is 2.41. The maximum Gasteiger partial charge on any atom is 0.226 e. The summed E-state index contributed by atoms with van der Waals surface area (Å²) < 4.78 is 28.7. The molecule has 0 atom stereocenters. The van der Waals surface area contributed by atoms with Crippen molar-refractivity contribution in [2.75, 3.05) is 43.2 Å². The van der Waals surface area contributed by atoms with Crippen LogP contribution in [0.1, 0.15) is 5.69 Å². The van der Waals surface area contributed by atoms with E-state index in [1.165, 1.54) is 18.5 Å². The molecule has 25 heavy (non-hydrogen) atoms. The zero-order valence-electron chi connectivity index (χ0n) is 13.6. The largest absolute Gasteiger partial charge is 0.384 e. The first-order valence-corrected chi connectivity index (χ1v) is 10.1. The molecule has 0 saturated carbocycles. The number of nitrogen functional groups attached to an aromatic ring is 1. The van der Waals surface area contributed by atoms with Crippen molar-refractivity contribution in [3.63, 3.8) is 0 Å². The number of ether oxygens (including phenoxy) is 1. The van der Waals surface area contributed by atoms with Crippen molar-refractivity contribution in [2.45, 2.75) is 5.75 Å². The van der Waals surface area contributed by atoms with Crippen molar-refractivity contribution in [1.82, 2.24) is 15.0 Å². The molecule has 2 aromatic rings. The van der Waals surface area contributed by atoms with Crippen molar-refractivity contribution < 1.29 is 13.2 Å². The summed E-state index contributed by atoms with van der Waals surface area (Å²) in [5, 5.41) is 0.393. The van der Waals surface area contributed by atoms with Gasteiger partial charge in [-0.2, -0.15) is 0 Å². The number of halogens is 1. The highest BCUT2D eigenvalue weighted by molar-refractivity contribution is 7.89. The van der Waals surface area contributed by atoms with E-state index in [0.29, 0.717) is 60.0 Å². The van der Waals surface area contributed by atoms with E-state index in [9.17, 15) is 8.42 Å². The van der Waals surface area contributed by atoms with Gasteiger partial charge >= 0.3 is 0 Å². The van der Waals surface area contributed by atoms with Crippen molar-refractivity contribution >= 4 is 33.2 Å². The lowest BCUT2D eigenvalue weighted by atomic mass is 10.2. The summed E-state index contributed by atoms with van der Waals surface area (Å²) in [6.07, 6.45) is 2.69. The first-order chi connectivity index (χ1) is 11.8. The lowest BCUT2D eigenvalue weighted by molar-refractivity contribution is 0.122. The second-order valence-electron chi connectivity index (χ2n) is 5.80. The molecule has 1 saturated heterocycles. The Hall–Kier alpha value is -1.97. The molecule has 1 aliphatic rings. The summed E-state index contributed by atoms with van der Waals surface area (Å²) in [7, 11) is -3.24. The van der Waals surface area contributed by atoms with Crippen LogP contribution in [0.15, 0.2) is 18.3 Å². The third kappa shape index (κ3) is 4.56. The quantitative estimate of drug-likeness (QED) is 0.836. The van der Waals surface area contributed by atoms with Crippen LogP contribution in [-0.2, 0) is 20.3 Å². The molecule has 0 aromatic carbocycles. The van der Waals surface area contributed by atoms with Crippen molar-refractivity contribution in [1.29, 1.82) is 0 Å². The van der Waals surface area contributed by atoms with Gasteiger partial charge in [-0.3, -0.25) is 0 Å². The van der Waals surface area contributed by atoms with Crippen molar-refractivity contribution in [3.05, 3.63) is 29.0 Å². The molecule has 2 aromatic heterocycles. The van der Waals surface area contributed by atoms with E-state index in [1.807, 2.05) is 4.90 Å². The summed E-state index contributed by atoms with van der Waals surface area (Å²) in [4.78, 5) is 15.0. The minimum Gasteiger partial charge on any atom is -0.384 e. The summed E-state index contributed by atoms with van der Waals surface area (Å²) >= 11 is 6.26. The Morgan fingerprint density at radius 3 is 2.64 bits per heavy atom. The molecular formula is C15H18ClN5O3S. The number of morpholine rings is 1. The van der Waals surface area contributed by atoms with E-state index in [-0.39, 0.29) is 5.75 Å². The van der Waals surface area contributed by atoms with Gasteiger partial charge in [0.05, 0.1) is 35.4 Å². The van der Waals surface area contributed by atoms with Gasteiger partial charge in [0.15, 0.2) is 9.84 Å². The molecule has 0 unspecified atom stereocenters. The zero-order chi connectivity index (χ0) is 18.0. The van der Waals surface area contributed by atoms with Crippen LogP contribution < -0.4 is 10.6 Å². The van der Waals surface area contributed by atoms with Crippen LogP contribution in [0.2, 0.25) is 5.02 Å². The van der Waals surface area contributed by atoms with E-state index in [2.05, 4.69) is 15.0 Å². The smallest absolute Gasteiger partial charge is 0.226 e. The highest BCUT2D eigenvalue weighted by Gasteiger charge is 2.19. The Kier molecular flexibility index (Phi) is 5.07. The Morgan fingerprint density at radius 2 is 2.00 bits per heavy atom. The third-order valence-corrected chi connectivity index (χ3v) is 4.75. The van der Waals surface area contributed by atoms with Crippen LogP contribution >= 0.6 is 11.6 Å². The van der Waals surface area contributed by atoms with Gasteiger partial charge in [0.2, 0.25) is 5.95 Å². The number of nitrogens with two attached hydrogens (primary N) is 1. The molecule has 134 valence electrons. The molecule has 0 amide bonds. The normalized spacial score (nSPS) is 15.4. The van der Waals surface area contributed by atoms with Crippen LogP contribution in [0.5, 0.6) is 0 Å². The van der Waals surface area contributed by atoms with E-state index >= 15 is 0 Å². The highest BCUT2D eigenvalue weighted by atomic mass is 35.5. The SMILES string of the molecule is CS(=O)(=O)Cc1cc(-c2cnc(N)cc2Cl)nc(N2CCOCC2)n1. The Labute approximate surface area is 150 Å². The number of hydrogen-bond acceptors (Lipinski definition) is 8. The molecule has 8 nitrogen and oxygen atoms in total. The minimum absolute atomic E-state index is 0.181. The lowest BCUT2D eigenvalue weighted by Gasteiger charge is -2.27. The lowest BCUT2D eigenvalue weighted by Crippen LogP contribution is -2.37. The fourth-order valence-corrected chi connectivity index (χ4v) is 3.45. The first kappa shape index (κ1) is 17.8. The molecule has 0 spiro atoms. The highest BCUT2D eigenvalue weighted by Crippen LogP contribution is 2.29. The molecule has 3 rings (SSSR count). The molecule has 0 aliphatic carbocycles. The average Bonchev–Trinajstić information content (AvgIpc) is 2.53. The predicted octanol–water partition coefficient (Wildman–Crippen LogP) is 1.16. The molecule has 3 heterocycles. The number of aromatic nitrogens is 3. The fraction of sp³-hybridized carbons (Fsp3) is 0.400. The van der Waals surface area contributed by atoms with Gasteiger partial charge in [-0.15, -0.1) is 0 Å². The molecule has 10 heteroatoms. The number of sulfone groups is 1. The van der Waals surface area contributed by atoms with E-state index < -0.39 is 9.84 Å². The van der Waals surface area contributed by atoms with Gasteiger partial charge in [-0.25, -0.2) is 23.4 Å². The fourth-order valence-electron chi connectivity index (χ4n) is 2.50. The molecule has 2 N–H and O–H groups in total. The number of hydrogen-bond donors (Lipinski definition) is 1. The Bertz CT molecular complexity index is 885. The predicted molar refractivity (Wildman–Crippen MR) is 96.3 cm³/mol. The molecule has 1 aliphatic heterocycles. The standard InChI is InChI=1S/C15H18ClN5O3S/c1-25(22,23)9-10-6-13(11-8-18-14(17)7-12(11)16)20-15(19-10)21-2-4-24-5-3-21/h6-8H,2-5,9H2,1H3,(H2,17,18). The van der Waals surface area contributed by atoms with Crippen LogP contribution in [0.25, 0.3) is 11.3 Å². The number of pyridine rings is 1. The van der Waals surface area contributed by atoms with Crippen LogP contribution in [0.3, 0.4) is 0 Å². The van der Waals surface area contributed by atoms with Crippen molar-refractivity contribution in [2.24, 2.45) is 0 Å². The summed E-state index contributed by atoms with van der Waals surface area (Å²) in [5.74, 6) is 0.569. The van der Waals surface area contributed by atoms with Gasteiger partial charge in [-0.05, 0) is 12.1 Å². The van der Waals surface area contributed by atoms with Gasteiger partial charge in [0, 0.05) is 31.1 Å². The van der Waals surface area contributed by atoms with Gasteiger partial charge in [0.1, 0.15) is 5.82 Å². The van der Waals surface area contributed by atoms with Crippen LogP contribution in [0.4, 0.5) is 11.8 Å². The maximum atomic E-state index is 11.7. The minimum atomic E-state index is -3.24. The second-order valence-corrected chi connectivity index (χ2v) is 8.35. The number of anilines is 2. The first-order valence-electron chi connectivity index (χ1n) is 7.61. The van der Waals surface area contributed by atoms with Crippen molar-refractivity contribution in [3.8, 4) is 11.3 Å². The molecule has 1 fully saturated rings. The van der Waals surface area contributed by atoms with Gasteiger partial charge in [0.25, 0.3) is 0 Å². The number of rotatable bonds is 4. The molecular weight excluding hydrogens is 366 g/mol.